The molecule has 0 saturated heterocycles. The summed E-state index contributed by atoms with van der Waals surface area (Å²) in [4.78, 5) is 32.1. The minimum atomic E-state index is -0.268. The lowest BCUT2D eigenvalue weighted by Gasteiger charge is -2.23. The lowest BCUT2D eigenvalue weighted by molar-refractivity contribution is -0.121. The van der Waals surface area contributed by atoms with Gasteiger partial charge in [-0.25, -0.2) is 4.98 Å². The Kier molecular flexibility index (Phi) is 4.95. The second-order valence-electron chi connectivity index (χ2n) is 5.98. The average Bonchev–Trinajstić information content (AvgIpc) is 3.21. The van der Waals surface area contributed by atoms with Gasteiger partial charge in [-0.15, -0.1) is 11.3 Å². The molecular weight excluding hydrogens is 340 g/mol. The number of hydrogen-bond acceptors (Lipinski definition) is 6. The number of nitrogens with zero attached hydrogens (tertiary/aromatic N) is 5. The zero-order chi connectivity index (χ0) is 18.0. The Hall–Kier alpha value is -2.52. The molecule has 1 unspecified atom stereocenters. The van der Waals surface area contributed by atoms with E-state index >= 15 is 0 Å². The number of aromatic nitrogens is 4. The summed E-state index contributed by atoms with van der Waals surface area (Å²) in [6.45, 7) is 0.408. The highest BCUT2D eigenvalue weighted by atomic mass is 32.1. The van der Waals surface area contributed by atoms with Crippen LogP contribution in [0.25, 0.3) is 11.0 Å². The summed E-state index contributed by atoms with van der Waals surface area (Å²) in [6, 6.07) is 4.14. The van der Waals surface area contributed by atoms with Crippen molar-refractivity contribution in [3.8, 4) is 0 Å². The van der Waals surface area contributed by atoms with E-state index in [1.165, 1.54) is 26.7 Å². The standard InChI is InChI=1S/C16H20N6O2S/c1-20(2)12(13-5-4-6-25-13)8-17-14(23)9-22-10-18-15-11(16(22)24)7-19-21(15)3/h4-7,10,12H,8-9H2,1-3H3,(H,17,23). The Morgan fingerprint density at radius 3 is 2.92 bits per heavy atom. The number of carbonyl (C=O) groups excluding carboxylic acids is 1. The van der Waals surface area contributed by atoms with Crippen LogP contribution in [0.2, 0.25) is 0 Å². The third-order valence-electron chi connectivity index (χ3n) is 4.02. The largest absolute Gasteiger partial charge is 0.353 e. The highest BCUT2D eigenvalue weighted by Gasteiger charge is 2.17. The SMILES string of the molecule is CN(C)C(CNC(=O)Cn1cnc2c(cnn2C)c1=O)c1cccs1. The fraction of sp³-hybridized carbons (Fsp3) is 0.375. The van der Waals surface area contributed by atoms with Gasteiger partial charge >= 0.3 is 0 Å². The smallest absolute Gasteiger partial charge is 0.264 e. The molecule has 0 aliphatic carbocycles. The zero-order valence-electron chi connectivity index (χ0n) is 14.3. The van der Waals surface area contributed by atoms with Crippen LogP contribution in [0.15, 0.2) is 34.8 Å². The third-order valence-corrected chi connectivity index (χ3v) is 4.99. The van der Waals surface area contributed by atoms with Crippen LogP contribution in [0.5, 0.6) is 0 Å². The molecule has 0 fully saturated rings. The number of amides is 1. The molecule has 1 atom stereocenters. The fourth-order valence-electron chi connectivity index (χ4n) is 2.62. The molecule has 3 aromatic rings. The van der Waals surface area contributed by atoms with Gasteiger partial charge in [0.2, 0.25) is 5.91 Å². The number of hydrogen-bond donors (Lipinski definition) is 1. The van der Waals surface area contributed by atoms with Crippen LogP contribution in [0.3, 0.4) is 0 Å². The Balaban J connectivity index is 1.68. The predicted molar refractivity (Wildman–Crippen MR) is 96.5 cm³/mol. The second-order valence-corrected chi connectivity index (χ2v) is 6.96. The molecule has 1 amide bonds. The first-order chi connectivity index (χ1) is 12.0. The summed E-state index contributed by atoms with van der Waals surface area (Å²) in [5.41, 5.74) is 0.239. The Bertz CT molecular complexity index is 928. The molecular formula is C16H20N6O2S. The van der Waals surface area contributed by atoms with E-state index in [9.17, 15) is 9.59 Å². The van der Waals surface area contributed by atoms with E-state index in [-0.39, 0.29) is 24.1 Å². The summed E-state index contributed by atoms with van der Waals surface area (Å²) in [5.74, 6) is -0.226. The van der Waals surface area contributed by atoms with Crippen molar-refractivity contribution < 1.29 is 4.79 Å². The topological polar surface area (TPSA) is 85.1 Å². The second kappa shape index (κ2) is 7.16. The molecule has 9 heteroatoms. The number of carbonyl (C=O) groups is 1. The van der Waals surface area contributed by atoms with E-state index in [0.29, 0.717) is 17.6 Å². The number of likely N-dealkylation sites (N-methyl/N-ethyl adjacent to an activating group) is 1. The molecule has 0 aromatic carbocycles. The maximum Gasteiger partial charge on any atom is 0.264 e. The maximum atomic E-state index is 12.4. The molecule has 3 heterocycles. The summed E-state index contributed by atoms with van der Waals surface area (Å²) < 4.78 is 2.83. The zero-order valence-corrected chi connectivity index (χ0v) is 15.2. The highest BCUT2D eigenvalue weighted by Crippen LogP contribution is 2.22. The quantitative estimate of drug-likeness (QED) is 0.696. The van der Waals surface area contributed by atoms with Gasteiger partial charge in [0, 0.05) is 18.5 Å². The van der Waals surface area contributed by atoms with Gasteiger partial charge in [0.1, 0.15) is 18.3 Å². The third kappa shape index (κ3) is 3.62. The van der Waals surface area contributed by atoms with Gasteiger partial charge in [-0.1, -0.05) is 6.07 Å². The lowest BCUT2D eigenvalue weighted by Crippen LogP contribution is -2.37. The minimum Gasteiger partial charge on any atom is -0.353 e. The summed E-state index contributed by atoms with van der Waals surface area (Å²) >= 11 is 1.65. The molecule has 0 spiro atoms. The summed E-state index contributed by atoms with van der Waals surface area (Å²) in [7, 11) is 5.67. The van der Waals surface area contributed by atoms with Gasteiger partial charge in [-0.2, -0.15) is 5.10 Å². The molecule has 0 aliphatic heterocycles. The van der Waals surface area contributed by atoms with Crippen molar-refractivity contribution in [2.45, 2.75) is 12.6 Å². The number of fused-ring (bicyclic) bond motifs is 1. The number of aryl methyl sites for hydroxylation is 1. The maximum absolute atomic E-state index is 12.4. The van der Waals surface area contributed by atoms with E-state index < -0.39 is 0 Å². The number of nitrogens with one attached hydrogen (secondary N) is 1. The van der Waals surface area contributed by atoms with E-state index in [0.717, 1.165) is 0 Å². The molecule has 0 saturated carbocycles. The van der Waals surface area contributed by atoms with Gasteiger partial charge < -0.3 is 10.2 Å². The molecule has 3 rings (SSSR count). The highest BCUT2D eigenvalue weighted by molar-refractivity contribution is 7.10. The van der Waals surface area contributed by atoms with Crippen LogP contribution < -0.4 is 10.9 Å². The molecule has 3 aromatic heterocycles. The van der Waals surface area contributed by atoms with Crippen molar-refractivity contribution in [2.75, 3.05) is 20.6 Å². The molecule has 1 N–H and O–H groups in total. The molecule has 132 valence electrons. The van der Waals surface area contributed by atoms with Gasteiger partial charge in [0.25, 0.3) is 5.56 Å². The average molecular weight is 360 g/mol. The first-order valence-electron chi connectivity index (χ1n) is 7.81. The van der Waals surface area contributed by atoms with Crippen LogP contribution in [-0.2, 0) is 18.4 Å². The van der Waals surface area contributed by atoms with Crippen molar-refractivity contribution in [3.05, 3.63) is 45.3 Å². The van der Waals surface area contributed by atoms with Crippen molar-refractivity contribution in [1.29, 1.82) is 0 Å². The Morgan fingerprint density at radius 2 is 2.24 bits per heavy atom. The van der Waals surface area contributed by atoms with Crippen molar-refractivity contribution >= 4 is 28.3 Å². The van der Waals surface area contributed by atoms with Crippen molar-refractivity contribution in [1.82, 2.24) is 29.5 Å². The normalized spacial score (nSPS) is 12.6. The Morgan fingerprint density at radius 1 is 1.44 bits per heavy atom. The van der Waals surface area contributed by atoms with Crippen LogP contribution in [0.4, 0.5) is 0 Å². The lowest BCUT2D eigenvalue weighted by atomic mass is 10.2. The molecule has 25 heavy (non-hydrogen) atoms. The number of rotatable bonds is 6. The first kappa shape index (κ1) is 17.3. The van der Waals surface area contributed by atoms with Gasteiger partial charge in [0.15, 0.2) is 5.65 Å². The molecule has 0 radical (unpaired) electrons. The predicted octanol–water partition coefficient (Wildman–Crippen LogP) is 0.611. The summed E-state index contributed by atoms with van der Waals surface area (Å²) in [5, 5.41) is 9.34. The van der Waals surface area contributed by atoms with E-state index in [2.05, 4.69) is 20.3 Å². The first-order valence-corrected chi connectivity index (χ1v) is 8.69. The van der Waals surface area contributed by atoms with Gasteiger partial charge in [0.05, 0.1) is 12.2 Å². The van der Waals surface area contributed by atoms with Crippen LogP contribution in [0, 0.1) is 0 Å². The molecule has 0 bridgehead atoms. The minimum absolute atomic E-state index is 0.0682. The molecule has 8 nitrogen and oxygen atoms in total. The molecule has 0 aliphatic rings. The van der Waals surface area contributed by atoms with Gasteiger partial charge in [-0.05, 0) is 25.5 Å². The monoisotopic (exact) mass is 360 g/mol. The van der Waals surface area contributed by atoms with E-state index in [1.54, 1.807) is 18.4 Å². The fourth-order valence-corrected chi connectivity index (χ4v) is 3.54. The Labute approximate surface area is 148 Å². The summed E-state index contributed by atoms with van der Waals surface area (Å²) in [6.07, 6.45) is 2.85. The number of thiophene rings is 1. The van der Waals surface area contributed by atoms with E-state index in [4.69, 9.17) is 0 Å². The van der Waals surface area contributed by atoms with Crippen molar-refractivity contribution in [3.63, 3.8) is 0 Å². The van der Waals surface area contributed by atoms with E-state index in [1.807, 2.05) is 31.6 Å². The van der Waals surface area contributed by atoms with Crippen molar-refractivity contribution in [2.24, 2.45) is 7.05 Å². The van der Waals surface area contributed by atoms with Crippen LogP contribution in [0.1, 0.15) is 10.9 Å². The van der Waals surface area contributed by atoms with Gasteiger partial charge in [-0.3, -0.25) is 18.8 Å². The van der Waals surface area contributed by atoms with Crippen LogP contribution in [-0.4, -0.2) is 50.8 Å². The van der Waals surface area contributed by atoms with Crippen LogP contribution >= 0.6 is 11.3 Å².